The molecule has 0 aliphatic carbocycles. The molecule has 2 bridgehead atoms. The second-order valence-corrected chi connectivity index (χ2v) is 7.06. The Bertz CT molecular complexity index is 907. The summed E-state index contributed by atoms with van der Waals surface area (Å²) in [4.78, 5) is 15.3. The van der Waals surface area contributed by atoms with E-state index in [4.69, 9.17) is 4.42 Å². The third-order valence-electron chi connectivity index (χ3n) is 5.61. The minimum Gasteiger partial charge on any atom is -0.472 e. The number of aromatic nitrogens is 2. The quantitative estimate of drug-likeness (QED) is 0.771. The van der Waals surface area contributed by atoms with Crippen LogP contribution in [-0.4, -0.2) is 46.7 Å². The third-order valence-corrected chi connectivity index (χ3v) is 5.61. The van der Waals surface area contributed by atoms with Crippen molar-refractivity contribution >= 4 is 16.8 Å². The molecule has 5 heterocycles. The van der Waals surface area contributed by atoms with Gasteiger partial charge in [0, 0.05) is 23.5 Å². The number of rotatable bonds is 3. The van der Waals surface area contributed by atoms with Crippen LogP contribution in [0.4, 0.5) is 0 Å². The Morgan fingerprint density at radius 1 is 1.24 bits per heavy atom. The molecule has 6 heteroatoms. The maximum absolute atomic E-state index is 12.8. The molecule has 0 saturated carbocycles. The highest BCUT2D eigenvalue weighted by atomic mass is 16.3. The Morgan fingerprint density at radius 3 is 2.84 bits per heavy atom. The highest BCUT2D eigenvalue weighted by Crippen LogP contribution is 2.29. The standard InChI is InChI=1S/C19H20N4O2/c24-19(20-17-10-23-6-3-12(17)4-7-23)18-15-9-13(14-5-8-25-11-14)1-2-16(15)21-22-18/h1-2,5,8-9,11-12,17H,3-4,6-7,10H2,(H,20,24)(H,21,22)/t17-/m0/s1. The Hall–Kier alpha value is -2.60. The van der Waals surface area contributed by atoms with Gasteiger partial charge < -0.3 is 14.6 Å². The number of amides is 1. The molecule has 6 nitrogen and oxygen atoms in total. The molecule has 0 spiro atoms. The number of carbonyl (C=O) groups is 1. The number of carbonyl (C=O) groups excluding carboxylic acids is 1. The van der Waals surface area contributed by atoms with Crippen LogP contribution in [0.3, 0.4) is 0 Å². The predicted molar refractivity (Wildman–Crippen MR) is 94.2 cm³/mol. The van der Waals surface area contributed by atoms with Crippen LogP contribution in [0.15, 0.2) is 41.2 Å². The van der Waals surface area contributed by atoms with Crippen molar-refractivity contribution in [2.45, 2.75) is 18.9 Å². The van der Waals surface area contributed by atoms with Gasteiger partial charge in [0.05, 0.1) is 18.0 Å². The largest absolute Gasteiger partial charge is 0.472 e. The van der Waals surface area contributed by atoms with Gasteiger partial charge in [0.2, 0.25) is 0 Å². The maximum atomic E-state index is 12.8. The second kappa shape index (κ2) is 5.74. The smallest absolute Gasteiger partial charge is 0.272 e. The topological polar surface area (TPSA) is 74.2 Å². The number of furan rings is 1. The molecule has 3 aliphatic heterocycles. The van der Waals surface area contributed by atoms with Crippen LogP contribution in [-0.2, 0) is 0 Å². The highest BCUT2D eigenvalue weighted by molar-refractivity contribution is 6.05. The number of hydrogen-bond acceptors (Lipinski definition) is 4. The maximum Gasteiger partial charge on any atom is 0.272 e. The zero-order valence-electron chi connectivity index (χ0n) is 13.9. The van der Waals surface area contributed by atoms with Crippen LogP contribution < -0.4 is 5.32 Å². The lowest BCUT2D eigenvalue weighted by molar-refractivity contribution is 0.0618. The molecule has 3 aromatic rings. The normalized spacial score (nSPS) is 25.4. The predicted octanol–water partition coefficient (Wildman–Crippen LogP) is 2.65. The summed E-state index contributed by atoms with van der Waals surface area (Å²) in [5.74, 6) is 0.509. The Balaban J connectivity index is 1.44. The summed E-state index contributed by atoms with van der Waals surface area (Å²) in [7, 11) is 0. The number of piperidine rings is 3. The van der Waals surface area contributed by atoms with Crippen LogP contribution in [0.5, 0.6) is 0 Å². The fourth-order valence-corrected chi connectivity index (χ4v) is 4.16. The Labute approximate surface area is 145 Å². The fraction of sp³-hybridized carbons (Fsp3) is 0.368. The molecular formula is C19H20N4O2. The van der Waals surface area contributed by atoms with Gasteiger partial charge in [-0.05, 0) is 55.6 Å². The van der Waals surface area contributed by atoms with Crippen LogP contribution in [0, 0.1) is 5.92 Å². The van der Waals surface area contributed by atoms with Gasteiger partial charge in [0.15, 0.2) is 5.69 Å². The fourth-order valence-electron chi connectivity index (χ4n) is 4.16. The molecule has 0 radical (unpaired) electrons. The van der Waals surface area contributed by atoms with Gasteiger partial charge in [-0.15, -0.1) is 0 Å². The van der Waals surface area contributed by atoms with Crippen molar-refractivity contribution in [3.8, 4) is 11.1 Å². The summed E-state index contributed by atoms with van der Waals surface area (Å²) >= 11 is 0. The van der Waals surface area contributed by atoms with Crippen molar-refractivity contribution in [3.05, 3.63) is 42.5 Å². The number of fused-ring (bicyclic) bond motifs is 4. The van der Waals surface area contributed by atoms with Crippen LogP contribution in [0.25, 0.3) is 22.0 Å². The van der Waals surface area contributed by atoms with Gasteiger partial charge in [-0.25, -0.2) is 0 Å². The van der Waals surface area contributed by atoms with E-state index in [1.165, 1.54) is 12.8 Å². The summed E-state index contributed by atoms with van der Waals surface area (Å²) in [6.07, 6.45) is 5.71. The first-order chi connectivity index (χ1) is 12.3. The van der Waals surface area contributed by atoms with E-state index in [0.717, 1.165) is 41.7 Å². The van der Waals surface area contributed by atoms with Crippen LogP contribution in [0.1, 0.15) is 23.3 Å². The van der Waals surface area contributed by atoms with Crippen molar-refractivity contribution in [2.24, 2.45) is 5.92 Å². The summed E-state index contributed by atoms with van der Waals surface area (Å²) < 4.78 is 5.16. The number of benzene rings is 1. The monoisotopic (exact) mass is 336 g/mol. The Morgan fingerprint density at radius 2 is 2.12 bits per heavy atom. The van der Waals surface area contributed by atoms with E-state index in [1.54, 1.807) is 12.5 Å². The van der Waals surface area contributed by atoms with Crippen molar-refractivity contribution in [1.29, 1.82) is 0 Å². The van der Waals surface area contributed by atoms with Gasteiger partial charge in [0.25, 0.3) is 5.91 Å². The van der Waals surface area contributed by atoms with E-state index in [-0.39, 0.29) is 11.9 Å². The summed E-state index contributed by atoms with van der Waals surface area (Å²) in [5, 5.41) is 11.3. The van der Waals surface area contributed by atoms with E-state index in [9.17, 15) is 4.79 Å². The lowest BCUT2D eigenvalue weighted by Gasteiger charge is -2.44. The van der Waals surface area contributed by atoms with E-state index < -0.39 is 0 Å². The molecule has 3 saturated heterocycles. The Kier molecular flexibility index (Phi) is 3.38. The van der Waals surface area contributed by atoms with Gasteiger partial charge in [0.1, 0.15) is 0 Å². The molecule has 2 N–H and O–H groups in total. The number of hydrogen-bond donors (Lipinski definition) is 2. The van der Waals surface area contributed by atoms with Crippen molar-refractivity contribution in [3.63, 3.8) is 0 Å². The average Bonchev–Trinajstić information content (AvgIpc) is 3.32. The SMILES string of the molecule is O=C(N[C@H]1CN2CCC1CC2)c1n[nH]c2ccc(-c3ccoc3)cc12. The molecule has 1 atom stereocenters. The van der Waals surface area contributed by atoms with E-state index in [0.29, 0.717) is 11.6 Å². The zero-order valence-corrected chi connectivity index (χ0v) is 13.9. The van der Waals surface area contributed by atoms with Crippen molar-refractivity contribution in [2.75, 3.05) is 19.6 Å². The molecule has 1 amide bonds. The molecule has 25 heavy (non-hydrogen) atoms. The number of nitrogens with one attached hydrogen (secondary N) is 2. The van der Waals surface area contributed by atoms with Crippen LogP contribution >= 0.6 is 0 Å². The first-order valence-corrected chi connectivity index (χ1v) is 8.82. The molecule has 0 unspecified atom stereocenters. The van der Waals surface area contributed by atoms with Gasteiger partial charge in [-0.2, -0.15) is 5.10 Å². The highest BCUT2D eigenvalue weighted by Gasteiger charge is 2.35. The number of aromatic amines is 1. The zero-order chi connectivity index (χ0) is 16.8. The van der Waals surface area contributed by atoms with E-state index in [1.807, 2.05) is 24.3 Å². The molecule has 3 fully saturated rings. The molecule has 6 rings (SSSR count). The summed E-state index contributed by atoms with van der Waals surface area (Å²) in [6, 6.07) is 8.10. The second-order valence-electron chi connectivity index (χ2n) is 7.06. The lowest BCUT2D eigenvalue weighted by atomic mass is 9.84. The average molecular weight is 336 g/mol. The van der Waals surface area contributed by atoms with Gasteiger partial charge in [-0.1, -0.05) is 6.07 Å². The van der Waals surface area contributed by atoms with Crippen molar-refractivity contribution in [1.82, 2.24) is 20.4 Å². The molecule has 2 aromatic heterocycles. The molecule has 1 aromatic carbocycles. The van der Waals surface area contributed by atoms with Gasteiger partial charge in [-0.3, -0.25) is 9.89 Å². The number of nitrogens with zero attached hydrogens (tertiary/aromatic N) is 2. The number of H-pyrrole nitrogens is 1. The third kappa shape index (κ3) is 2.53. The first-order valence-electron chi connectivity index (χ1n) is 8.82. The minimum atomic E-state index is -0.0886. The lowest BCUT2D eigenvalue weighted by Crippen LogP contribution is -2.57. The summed E-state index contributed by atoms with van der Waals surface area (Å²) in [5.41, 5.74) is 3.34. The molecule has 128 valence electrons. The molecule has 3 aliphatic rings. The molecular weight excluding hydrogens is 316 g/mol. The van der Waals surface area contributed by atoms with Crippen molar-refractivity contribution < 1.29 is 9.21 Å². The summed E-state index contributed by atoms with van der Waals surface area (Å²) in [6.45, 7) is 3.28. The minimum absolute atomic E-state index is 0.0886. The van der Waals surface area contributed by atoms with Crippen LogP contribution in [0.2, 0.25) is 0 Å². The van der Waals surface area contributed by atoms with E-state index in [2.05, 4.69) is 20.4 Å². The van der Waals surface area contributed by atoms with Gasteiger partial charge >= 0.3 is 0 Å². The first kappa shape index (κ1) is 14.7. The van der Waals surface area contributed by atoms with E-state index >= 15 is 0 Å².